The van der Waals surface area contributed by atoms with Gasteiger partial charge in [-0.3, -0.25) is 14.8 Å². The van der Waals surface area contributed by atoms with Gasteiger partial charge in [-0.1, -0.05) is 0 Å². The van der Waals surface area contributed by atoms with E-state index in [2.05, 4.69) is 33.4 Å². The van der Waals surface area contributed by atoms with Crippen LogP contribution in [0.25, 0.3) is 0 Å². The lowest BCUT2D eigenvalue weighted by Crippen LogP contribution is -2.49. The number of ether oxygens (including phenoxy) is 1. The Hall–Kier alpha value is -0.940. The second-order valence-electron chi connectivity index (χ2n) is 6.96. The van der Waals surface area contributed by atoms with Crippen LogP contribution in [-0.4, -0.2) is 103 Å². The maximum atomic E-state index is 11.8. The molecule has 18 nitrogen and oxygen atoms in total. The van der Waals surface area contributed by atoms with Gasteiger partial charge in [0.2, 0.25) is 0 Å². The van der Waals surface area contributed by atoms with Crippen LogP contribution < -0.4 is 5.32 Å². The minimum absolute atomic E-state index is 0.0258. The summed E-state index contributed by atoms with van der Waals surface area (Å²) in [5.41, 5.74) is -0.146. The van der Waals surface area contributed by atoms with Gasteiger partial charge in [-0.25, -0.2) is 23.7 Å². The molecular weight excluding hydrogens is 503 g/mol. The molecule has 180 valence electrons. The lowest BCUT2D eigenvalue weighted by molar-refractivity contribution is -0.0680. The topological polar surface area (TPSA) is 272 Å². The fourth-order valence-electron chi connectivity index (χ4n) is 3.25. The van der Waals surface area contributed by atoms with Gasteiger partial charge in [-0.05, 0) is 0 Å². The predicted molar refractivity (Wildman–Crippen MR) is 101 cm³/mol. The quantitative estimate of drug-likeness (QED) is 0.126. The number of phosphoric acid groups is 3. The van der Waals surface area contributed by atoms with Crippen molar-refractivity contribution in [2.75, 3.05) is 19.8 Å². The summed E-state index contributed by atoms with van der Waals surface area (Å²) in [5, 5.41) is 23.7. The average Bonchev–Trinajstić information content (AvgIpc) is 3.16. The van der Waals surface area contributed by atoms with Gasteiger partial charge in [0.05, 0.1) is 6.61 Å². The van der Waals surface area contributed by atoms with Gasteiger partial charge in [0.25, 0.3) is 0 Å². The smallest absolute Gasteiger partial charge is 0.387 e. The summed E-state index contributed by atoms with van der Waals surface area (Å²) in [6.45, 7) is -0.341. The highest BCUT2D eigenvalue weighted by Gasteiger charge is 2.56. The van der Waals surface area contributed by atoms with Gasteiger partial charge in [0.1, 0.15) is 37.0 Å². The van der Waals surface area contributed by atoms with Crippen molar-refractivity contribution in [1.29, 1.82) is 0 Å². The van der Waals surface area contributed by atoms with E-state index in [0.717, 1.165) is 0 Å². The molecule has 0 aromatic heterocycles. The highest BCUT2D eigenvalue weighted by atomic mass is 31.3. The molecule has 0 amide bonds. The summed E-state index contributed by atoms with van der Waals surface area (Å²) in [6, 6.07) is 0. The van der Waals surface area contributed by atoms with Gasteiger partial charge in [-0.15, -0.1) is 0 Å². The van der Waals surface area contributed by atoms with Crippen LogP contribution in [0, 0.1) is 0 Å². The van der Waals surface area contributed by atoms with Crippen molar-refractivity contribution in [2.24, 2.45) is 15.0 Å². The maximum Gasteiger partial charge on any atom is 0.490 e. The van der Waals surface area contributed by atoms with E-state index in [9.17, 15) is 28.8 Å². The van der Waals surface area contributed by atoms with Crippen molar-refractivity contribution in [3.05, 3.63) is 0 Å². The van der Waals surface area contributed by atoms with Crippen LogP contribution in [0.2, 0.25) is 0 Å². The van der Waals surface area contributed by atoms with E-state index in [1.807, 2.05) is 0 Å². The average molecular weight is 521 g/mol. The third-order valence-corrected chi connectivity index (χ3v) is 8.49. The molecule has 2 fully saturated rings. The number of nitrogens with zero attached hydrogens (tertiary/aromatic N) is 4. The number of phosphoric ester groups is 1. The minimum atomic E-state index is -5.69. The molecule has 0 aromatic carbocycles. The molecular formula is C11H18N5O13P3. The standard InChI is InChI=1S/C11H18N5O13P3/c17-6-5(1-26-31(22,23)29-32(24,25)28-30(19,20)21)27-10(7(6)18)16-4-13-8-9(16)12-3-15-11(8)2-14-11/h3,5-7,10,14,17-18H,1-2,4H2,(H,22,23)(H,24,25)(H2,19,20,21)/t5-,6-,7-,10-,11-/m1/s1. The van der Waals surface area contributed by atoms with Gasteiger partial charge < -0.3 is 39.4 Å². The van der Waals surface area contributed by atoms with Gasteiger partial charge in [0.15, 0.2) is 17.7 Å². The zero-order chi connectivity index (χ0) is 23.5. The minimum Gasteiger partial charge on any atom is -0.387 e. The van der Waals surface area contributed by atoms with E-state index < -0.39 is 60.3 Å². The highest BCUT2D eigenvalue weighted by molar-refractivity contribution is 7.66. The van der Waals surface area contributed by atoms with Crippen molar-refractivity contribution in [2.45, 2.75) is 30.2 Å². The second-order valence-corrected chi connectivity index (χ2v) is 11.4. The Bertz CT molecular complexity index is 1020. The third-order valence-electron chi connectivity index (χ3n) is 4.69. The first-order chi connectivity index (χ1) is 14.7. The number of aliphatic imine (C=N–C) groups is 3. The normalized spacial score (nSPS) is 37.6. The number of nitrogens with one attached hydrogen (secondary N) is 1. The van der Waals surface area contributed by atoms with Crippen LogP contribution in [0.5, 0.6) is 0 Å². The fourth-order valence-corrected chi connectivity index (χ4v) is 6.28. The van der Waals surface area contributed by atoms with Crippen LogP contribution in [-0.2, 0) is 31.6 Å². The molecule has 2 unspecified atom stereocenters. The molecule has 21 heteroatoms. The molecule has 0 aliphatic carbocycles. The molecule has 32 heavy (non-hydrogen) atoms. The van der Waals surface area contributed by atoms with Crippen LogP contribution in [0.3, 0.4) is 0 Å². The Morgan fingerprint density at radius 2 is 1.84 bits per heavy atom. The van der Waals surface area contributed by atoms with Crippen LogP contribution in [0.15, 0.2) is 15.0 Å². The third kappa shape index (κ3) is 4.94. The van der Waals surface area contributed by atoms with Crippen molar-refractivity contribution in [3.63, 3.8) is 0 Å². The molecule has 1 spiro atoms. The van der Waals surface area contributed by atoms with Crippen LogP contribution in [0.1, 0.15) is 0 Å². The zero-order valence-corrected chi connectivity index (χ0v) is 18.4. The number of amidine groups is 1. The summed E-state index contributed by atoms with van der Waals surface area (Å²) in [4.78, 5) is 49.8. The molecule has 7 atom stereocenters. The number of aliphatic hydroxyl groups excluding tert-OH is 2. The van der Waals surface area contributed by atoms with E-state index in [-0.39, 0.29) is 6.67 Å². The fraction of sp³-hybridized carbons (Fsp3) is 0.727. The van der Waals surface area contributed by atoms with Gasteiger partial charge in [0, 0.05) is 6.54 Å². The monoisotopic (exact) mass is 521 g/mol. The molecule has 0 radical (unpaired) electrons. The van der Waals surface area contributed by atoms with E-state index in [0.29, 0.717) is 18.1 Å². The lowest BCUT2D eigenvalue weighted by Gasteiger charge is -2.28. The molecule has 4 rings (SSSR count). The molecule has 0 saturated carbocycles. The number of hydrogen-bond donors (Lipinski definition) is 7. The first-order valence-corrected chi connectivity index (χ1v) is 13.2. The summed E-state index contributed by atoms with van der Waals surface area (Å²) < 4.78 is 51.0. The molecule has 4 aliphatic rings. The van der Waals surface area contributed by atoms with Crippen molar-refractivity contribution >= 4 is 41.4 Å². The number of aliphatic hydroxyl groups is 2. The molecule has 0 aromatic rings. The Balaban J connectivity index is 1.37. The van der Waals surface area contributed by atoms with E-state index in [1.165, 1.54) is 11.2 Å². The Morgan fingerprint density at radius 1 is 1.16 bits per heavy atom. The Morgan fingerprint density at radius 3 is 2.47 bits per heavy atom. The predicted octanol–water partition coefficient (Wildman–Crippen LogP) is -2.77. The second kappa shape index (κ2) is 8.08. The Labute approximate surface area is 178 Å². The Kier molecular flexibility index (Phi) is 6.11. The van der Waals surface area contributed by atoms with E-state index >= 15 is 0 Å². The van der Waals surface area contributed by atoms with E-state index in [1.54, 1.807) is 0 Å². The number of fused-ring (bicyclic) bond motifs is 2. The van der Waals surface area contributed by atoms with Gasteiger partial charge >= 0.3 is 23.5 Å². The summed E-state index contributed by atoms with van der Waals surface area (Å²) >= 11 is 0. The first kappa shape index (κ1) is 24.2. The SMILES string of the molecule is O=P(O)(O)OP(=O)(O)OP(=O)(O)OC[C@H]1O[C@@H](N2CN=C3C2=NC=N[C@]32CN2)[C@H](O)[C@@H]1O. The molecule has 2 saturated heterocycles. The zero-order valence-electron chi connectivity index (χ0n) is 15.7. The summed E-state index contributed by atoms with van der Waals surface area (Å²) in [6.07, 6.45) is -4.42. The highest BCUT2D eigenvalue weighted by Crippen LogP contribution is 2.66. The molecule has 0 bridgehead atoms. The van der Waals surface area contributed by atoms with Crippen molar-refractivity contribution < 1.29 is 61.4 Å². The van der Waals surface area contributed by atoms with Crippen molar-refractivity contribution in [1.82, 2.24) is 10.2 Å². The van der Waals surface area contributed by atoms with Crippen LogP contribution in [0.4, 0.5) is 0 Å². The molecule has 7 N–H and O–H groups in total. The largest absolute Gasteiger partial charge is 0.490 e. The summed E-state index contributed by atoms with van der Waals surface area (Å²) in [5.74, 6) is 0.356. The van der Waals surface area contributed by atoms with Crippen molar-refractivity contribution in [3.8, 4) is 0 Å². The maximum absolute atomic E-state index is 11.8. The summed E-state index contributed by atoms with van der Waals surface area (Å²) in [7, 11) is -16.6. The first-order valence-electron chi connectivity index (χ1n) is 8.70. The number of rotatable bonds is 8. The van der Waals surface area contributed by atoms with Crippen LogP contribution >= 0.6 is 23.5 Å². The molecule has 4 aliphatic heterocycles. The molecule has 4 heterocycles. The van der Waals surface area contributed by atoms with Gasteiger partial charge in [-0.2, -0.15) is 8.62 Å². The number of hydrogen-bond acceptors (Lipinski definition) is 14. The lowest BCUT2D eigenvalue weighted by atomic mass is 10.1. The van der Waals surface area contributed by atoms with E-state index in [4.69, 9.17) is 19.4 Å².